The largest absolute Gasteiger partial charge is 0.508 e. The monoisotopic (exact) mass is 204 g/mol. The number of hydrogen-bond acceptors (Lipinski definition) is 4. The third-order valence-electron chi connectivity index (χ3n) is 2.09. The van der Waals surface area contributed by atoms with Gasteiger partial charge in [-0.2, -0.15) is 0 Å². The molecule has 0 saturated carbocycles. The SMILES string of the molecule is CC(N)c1cn(-c2ccc(O)cc2)nn1. The first-order chi connectivity index (χ1) is 7.16. The van der Waals surface area contributed by atoms with Gasteiger partial charge in [0.05, 0.1) is 17.6 Å². The Morgan fingerprint density at radius 3 is 2.53 bits per heavy atom. The van der Waals surface area contributed by atoms with E-state index < -0.39 is 0 Å². The molecule has 0 saturated heterocycles. The summed E-state index contributed by atoms with van der Waals surface area (Å²) in [5, 5.41) is 17.0. The second-order valence-electron chi connectivity index (χ2n) is 3.39. The Hall–Kier alpha value is -1.88. The van der Waals surface area contributed by atoms with Gasteiger partial charge in [0.1, 0.15) is 5.75 Å². The van der Waals surface area contributed by atoms with E-state index in [1.165, 1.54) is 0 Å². The molecule has 3 N–H and O–H groups in total. The molecule has 1 heterocycles. The van der Waals surface area contributed by atoms with E-state index in [9.17, 15) is 0 Å². The molecule has 1 aromatic heterocycles. The van der Waals surface area contributed by atoms with E-state index in [1.54, 1.807) is 35.1 Å². The Kier molecular flexibility index (Phi) is 2.39. The summed E-state index contributed by atoms with van der Waals surface area (Å²) in [5.41, 5.74) is 7.25. The summed E-state index contributed by atoms with van der Waals surface area (Å²) in [5.74, 6) is 0.228. The van der Waals surface area contributed by atoms with E-state index in [-0.39, 0.29) is 11.8 Å². The zero-order valence-electron chi connectivity index (χ0n) is 8.33. The maximum atomic E-state index is 9.13. The van der Waals surface area contributed by atoms with E-state index in [1.807, 2.05) is 6.92 Å². The van der Waals surface area contributed by atoms with Gasteiger partial charge in [-0.05, 0) is 31.2 Å². The highest BCUT2D eigenvalue weighted by atomic mass is 16.3. The molecule has 5 nitrogen and oxygen atoms in total. The molecule has 0 amide bonds. The smallest absolute Gasteiger partial charge is 0.115 e. The van der Waals surface area contributed by atoms with Crippen molar-refractivity contribution in [3.8, 4) is 11.4 Å². The molecule has 0 radical (unpaired) electrons. The number of benzene rings is 1. The Morgan fingerprint density at radius 2 is 2.00 bits per heavy atom. The molecule has 0 fully saturated rings. The van der Waals surface area contributed by atoms with Crippen molar-refractivity contribution in [1.82, 2.24) is 15.0 Å². The van der Waals surface area contributed by atoms with Crippen molar-refractivity contribution in [3.63, 3.8) is 0 Å². The number of aromatic nitrogens is 3. The van der Waals surface area contributed by atoms with Crippen LogP contribution < -0.4 is 5.73 Å². The number of nitrogens with two attached hydrogens (primary N) is 1. The van der Waals surface area contributed by atoms with E-state index in [0.29, 0.717) is 0 Å². The van der Waals surface area contributed by atoms with E-state index >= 15 is 0 Å². The third kappa shape index (κ3) is 1.97. The highest BCUT2D eigenvalue weighted by Crippen LogP contribution is 2.14. The van der Waals surface area contributed by atoms with Crippen LogP contribution in [0.1, 0.15) is 18.7 Å². The van der Waals surface area contributed by atoms with Gasteiger partial charge in [0, 0.05) is 6.04 Å². The zero-order valence-corrected chi connectivity index (χ0v) is 8.33. The van der Waals surface area contributed by atoms with Crippen LogP contribution in [0.5, 0.6) is 5.75 Å². The van der Waals surface area contributed by atoms with Gasteiger partial charge in [0.25, 0.3) is 0 Å². The fourth-order valence-electron chi connectivity index (χ4n) is 1.22. The zero-order chi connectivity index (χ0) is 10.8. The summed E-state index contributed by atoms with van der Waals surface area (Å²) in [7, 11) is 0. The van der Waals surface area contributed by atoms with Crippen LogP contribution in [0.15, 0.2) is 30.5 Å². The lowest BCUT2D eigenvalue weighted by Crippen LogP contribution is -2.04. The second kappa shape index (κ2) is 3.70. The molecule has 0 aliphatic heterocycles. The molecule has 1 atom stereocenters. The van der Waals surface area contributed by atoms with Crippen LogP contribution in [0, 0.1) is 0 Å². The maximum absolute atomic E-state index is 9.13. The minimum atomic E-state index is -0.129. The normalized spacial score (nSPS) is 12.7. The van der Waals surface area contributed by atoms with Crippen LogP contribution in [0.3, 0.4) is 0 Å². The average molecular weight is 204 g/mol. The first kappa shape index (κ1) is 9.67. The van der Waals surface area contributed by atoms with Crippen LogP contribution in [-0.4, -0.2) is 20.1 Å². The van der Waals surface area contributed by atoms with E-state index in [2.05, 4.69) is 10.3 Å². The first-order valence-electron chi connectivity index (χ1n) is 4.64. The van der Waals surface area contributed by atoms with Gasteiger partial charge in [0.2, 0.25) is 0 Å². The summed E-state index contributed by atoms with van der Waals surface area (Å²) in [6.07, 6.45) is 1.77. The number of nitrogens with zero attached hydrogens (tertiary/aromatic N) is 3. The minimum absolute atomic E-state index is 0.129. The van der Waals surface area contributed by atoms with Crippen molar-refractivity contribution in [2.75, 3.05) is 0 Å². The van der Waals surface area contributed by atoms with Gasteiger partial charge >= 0.3 is 0 Å². The fraction of sp³-hybridized carbons (Fsp3) is 0.200. The van der Waals surface area contributed by atoms with Gasteiger partial charge in [-0.15, -0.1) is 5.10 Å². The van der Waals surface area contributed by atoms with E-state index in [0.717, 1.165) is 11.4 Å². The molecule has 2 aromatic rings. The van der Waals surface area contributed by atoms with Crippen molar-refractivity contribution in [3.05, 3.63) is 36.2 Å². The Balaban J connectivity index is 2.33. The lowest BCUT2D eigenvalue weighted by atomic mass is 10.3. The van der Waals surface area contributed by atoms with E-state index in [4.69, 9.17) is 10.8 Å². The van der Waals surface area contributed by atoms with Crippen molar-refractivity contribution in [2.45, 2.75) is 13.0 Å². The fourth-order valence-corrected chi connectivity index (χ4v) is 1.22. The first-order valence-corrected chi connectivity index (χ1v) is 4.64. The number of rotatable bonds is 2. The minimum Gasteiger partial charge on any atom is -0.508 e. The predicted molar refractivity (Wildman–Crippen MR) is 55.6 cm³/mol. The maximum Gasteiger partial charge on any atom is 0.115 e. The second-order valence-corrected chi connectivity index (χ2v) is 3.39. The van der Waals surface area contributed by atoms with Crippen molar-refractivity contribution in [2.24, 2.45) is 5.73 Å². The third-order valence-corrected chi connectivity index (χ3v) is 2.09. The predicted octanol–water partition coefficient (Wildman–Crippen LogP) is 0.993. The molecule has 1 aromatic carbocycles. The van der Waals surface area contributed by atoms with Gasteiger partial charge in [-0.1, -0.05) is 5.21 Å². The molecule has 0 spiro atoms. The van der Waals surface area contributed by atoms with Crippen LogP contribution in [-0.2, 0) is 0 Å². The van der Waals surface area contributed by atoms with Crippen molar-refractivity contribution in [1.29, 1.82) is 0 Å². The Labute approximate surface area is 87.1 Å². The molecule has 15 heavy (non-hydrogen) atoms. The van der Waals surface area contributed by atoms with Gasteiger partial charge in [0.15, 0.2) is 0 Å². The van der Waals surface area contributed by atoms with Crippen molar-refractivity contribution < 1.29 is 5.11 Å². The van der Waals surface area contributed by atoms with Gasteiger partial charge < -0.3 is 10.8 Å². The number of aromatic hydroxyl groups is 1. The van der Waals surface area contributed by atoms with Crippen LogP contribution in [0.4, 0.5) is 0 Å². The van der Waals surface area contributed by atoms with Crippen LogP contribution >= 0.6 is 0 Å². The van der Waals surface area contributed by atoms with Crippen molar-refractivity contribution >= 4 is 0 Å². The number of phenolic OH excluding ortho intramolecular Hbond substituents is 1. The highest BCUT2D eigenvalue weighted by molar-refractivity contribution is 5.35. The van der Waals surface area contributed by atoms with Gasteiger partial charge in [-0.25, -0.2) is 4.68 Å². The summed E-state index contributed by atoms with van der Waals surface area (Å²) < 4.78 is 1.62. The topological polar surface area (TPSA) is 77.0 Å². The summed E-state index contributed by atoms with van der Waals surface area (Å²) >= 11 is 0. The molecule has 78 valence electrons. The number of phenols is 1. The standard InChI is InChI=1S/C10H12N4O/c1-7(11)10-6-14(13-12-10)8-2-4-9(15)5-3-8/h2-7,15H,11H2,1H3. The molecule has 0 aliphatic rings. The average Bonchev–Trinajstić information content (AvgIpc) is 2.68. The molecule has 0 aliphatic carbocycles. The summed E-state index contributed by atoms with van der Waals surface area (Å²) in [6.45, 7) is 1.85. The molecule has 5 heteroatoms. The quantitative estimate of drug-likeness (QED) is 0.764. The van der Waals surface area contributed by atoms with Crippen LogP contribution in [0.2, 0.25) is 0 Å². The summed E-state index contributed by atoms with van der Waals surface area (Å²) in [6, 6.07) is 6.59. The Morgan fingerprint density at radius 1 is 1.33 bits per heavy atom. The Bertz CT molecular complexity index is 447. The lowest BCUT2D eigenvalue weighted by Gasteiger charge is -1.99. The molecular weight excluding hydrogens is 192 g/mol. The highest BCUT2D eigenvalue weighted by Gasteiger charge is 2.05. The molecule has 0 bridgehead atoms. The van der Waals surface area contributed by atoms with Crippen LogP contribution in [0.25, 0.3) is 5.69 Å². The molecule has 1 unspecified atom stereocenters. The molecule has 2 rings (SSSR count). The van der Waals surface area contributed by atoms with Gasteiger partial charge in [-0.3, -0.25) is 0 Å². The number of hydrogen-bond donors (Lipinski definition) is 2. The lowest BCUT2D eigenvalue weighted by molar-refractivity contribution is 0.475. The summed E-state index contributed by atoms with van der Waals surface area (Å²) in [4.78, 5) is 0. The molecular formula is C10H12N4O.